The third-order valence-corrected chi connectivity index (χ3v) is 3.35. The summed E-state index contributed by atoms with van der Waals surface area (Å²) in [7, 11) is 1.59. The van der Waals surface area contributed by atoms with Crippen molar-refractivity contribution in [3.8, 4) is 5.75 Å². The Morgan fingerprint density at radius 1 is 1.09 bits per heavy atom. The summed E-state index contributed by atoms with van der Waals surface area (Å²) in [6, 6.07) is 15.1. The van der Waals surface area contributed by atoms with Crippen LogP contribution in [0.25, 0.3) is 6.08 Å². The molecule has 0 bridgehead atoms. The maximum absolute atomic E-state index is 12.0. The van der Waals surface area contributed by atoms with Crippen LogP contribution in [0.2, 0.25) is 0 Å². The minimum absolute atomic E-state index is 0.264. The molecule has 0 aromatic heterocycles. The number of esters is 1. The standard InChI is InChI=1S/C18H15NO3/c1-12-7-9-13(10-8-12)17-19-15(18(20)22-17)11-14-5-3-4-6-16(14)21-2/h3-11H,1-2H3. The van der Waals surface area contributed by atoms with E-state index < -0.39 is 5.97 Å². The Morgan fingerprint density at radius 3 is 2.55 bits per heavy atom. The number of carbonyl (C=O) groups is 1. The largest absolute Gasteiger partial charge is 0.496 e. The predicted molar refractivity (Wildman–Crippen MR) is 84.8 cm³/mol. The third kappa shape index (κ3) is 2.76. The van der Waals surface area contributed by atoms with Crippen molar-refractivity contribution in [2.24, 2.45) is 4.99 Å². The lowest BCUT2D eigenvalue weighted by Gasteiger charge is -2.03. The number of methoxy groups -OCH3 is 1. The van der Waals surface area contributed by atoms with E-state index in [4.69, 9.17) is 9.47 Å². The quantitative estimate of drug-likeness (QED) is 0.644. The zero-order valence-electron chi connectivity index (χ0n) is 12.4. The Labute approximate surface area is 128 Å². The van der Waals surface area contributed by atoms with Crippen LogP contribution in [-0.4, -0.2) is 19.0 Å². The molecule has 2 aromatic carbocycles. The van der Waals surface area contributed by atoms with Gasteiger partial charge in [-0.05, 0) is 31.2 Å². The highest BCUT2D eigenvalue weighted by Gasteiger charge is 2.24. The summed E-state index contributed by atoms with van der Waals surface area (Å²) < 4.78 is 10.5. The fourth-order valence-corrected chi connectivity index (χ4v) is 2.16. The zero-order chi connectivity index (χ0) is 15.5. The summed E-state index contributed by atoms with van der Waals surface area (Å²) in [4.78, 5) is 16.3. The van der Waals surface area contributed by atoms with E-state index in [0.29, 0.717) is 11.6 Å². The van der Waals surface area contributed by atoms with E-state index in [1.54, 1.807) is 13.2 Å². The van der Waals surface area contributed by atoms with Gasteiger partial charge in [-0.2, -0.15) is 0 Å². The molecule has 0 amide bonds. The second kappa shape index (κ2) is 5.85. The van der Waals surface area contributed by atoms with Crippen molar-refractivity contribution >= 4 is 17.9 Å². The molecule has 0 spiro atoms. The first-order valence-corrected chi connectivity index (χ1v) is 6.90. The Morgan fingerprint density at radius 2 is 1.82 bits per heavy atom. The summed E-state index contributed by atoms with van der Waals surface area (Å²) >= 11 is 0. The van der Waals surface area contributed by atoms with E-state index in [2.05, 4.69) is 4.99 Å². The van der Waals surface area contributed by atoms with Gasteiger partial charge in [-0.25, -0.2) is 9.79 Å². The van der Waals surface area contributed by atoms with Gasteiger partial charge in [0.2, 0.25) is 5.90 Å². The SMILES string of the molecule is COc1ccccc1C=C1N=C(c2ccc(C)cc2)OC1=O. The van der Waals surface area contributed by atoms with Crippen molar-refractivity contribution in [2.75, 3.05) is 7.11 Å². The molecule has 4 nitrogen and oxygen atoms in total. The first-order chi connectivity index (χ1) is 10.7. The number of rotatable bonds is 3. The number of ether oxygens (including phenoxy) is 2. The van der Waals surface area contributed by atoms with Crippen molar-refractivity contribution < 1.29 is 14.3 Å². The lowest BCUT2D eigenvalue weighted by molar-refractivity contribution is -0.129. The third-order valence-electron chi connectivity index (χ3n) is 3.35. The molecular weight excluding hydrogens is 278 g/mol. The Bertz CT molecular complexity index is 773. The minimum Gasteiger partial charge on any atom is -0.496 e. The number of benzene rings is 2. The Hall–Kier alpha value is -2.88. The van der Waals surface area contributed by atoms with Crippen molar-refractivity contribution in [1.82, 2.24) is 0 Å². The van der Waals surface area contributed by atoms with Crippen LogP contribution in [0.5, 0.6) is 5.75 Å². The highest BCUT2D eigenvalue weighted by atomic mass is 16.6. The van der Waals surface area contributed by atoms with Crippen LogP contribution >= 0.6 is 0 Å². The van der Waals surface area contributed by atoms with Gasteiger partial charge in [0.15, 0.2) is 5.70 Å². The summed E-state index contributed by atoms with van der Waals surface area (Å²) in [6.07, 6.45) is 1.67. The zero-order valence-corrected chi connectivity index (χ0v) is 12.4. The van der Waals surface area contributed by atoms with Crippen LogP contribution in [0.3, 0.4) is 0 Å². The lowest BCUT2D eigenvalue weighted by atomic mass is 10.1. The average molecular weight is 293 g/mol. The highest BCUT2D eigenvalue weighted by molar-refractivity contribution is 6.12. The summed E-state index contributed by atoms with van der Waals surface area (Å²) in [6.45, 7) is 2.00. The predicted octanol–water partition coefficient (Wildman–Crippen LogP) is 3.35. The van der Waals surface area contributed by atoms with Crippen LogP contribution in [-0.2, 0) is 9.53 Å². The van der Waals surface area contributed by atoms with Crippen LogP contribution in [0.1, 0.15) is 16.7 Å². The van der Waals surface area contributed by atoms with Gasteiger partial charge in [0.25, 0.3) is 0 Å². The number of cyclic esters (lactones) is 1. The van der Waals surface area contributed by atoms with Gasteiger partial charge in [0.05, 0.1) is 7.11 Å². The number of para-hydroxylation sites is 1. The highest BCUT2D eigenvalue weighted by Crippen LogP contribution is 2.24. The summed E-state index contributed by atoms with van der Waals surface area (Å²) in [5.74, 6) is 0.550. The maximum atomic E-state index is 12.0. The lowest BCUT2D eigenvalue weighted by Crippen LogP contribution is -2.05. The second-order valence-corrected chi connectivity index (χ2v) is 4.94. The fourth-order valence-electron chi connectivity index (χ4n) is 2.16. The fraction of sp³-hybridized carbons (Fsp3) is 0.111. The van der Waals surface area contributed by atoms with Crippen molar-refractivity contribution in [2.45, 2.75) is 6.92 Å². The van der Waals surface area contributed by atoms with Gasteiger partial charge in [-0.1, -0.05) is 35.9 Å². The van der Waals surface area contributed by atoms with Gasteiger partial charge in [0, 0.05) is 11.1 Å². The smallest absolute Gasteiger partial charge is 0.363 e. The van der Waals surface area contributed by atoms with Crippen LogP contribution in [0.4, 0.5) is 0 Å². The van der Waals surface area contributed by atoms with E-state index in [0.717, 1.165) is 16.7 Å². The second-order valence-electron chi connectivity index (χ2n) is 4.94. The Balaban J connectivity index is 1.96. The first kappa shape index (κ1) is 14.1. The van der Waals surface area contributed by atoms with Gasteiger partial charge >= 0.3 is 5.97 Å². The van der Waals surface area contributed by atoms with Crippen LogP contribution in [0.15, 0.2) is 59.2 Å². The van der Waals surface area contributed by atoms with Gasteiger partial charge in [0.1, 0.15) is 5.75 Å². The van der Waals surface area contributed by atoms with Crippen molar-refractivity contribution in [1.29, 1.82) is 0 Å². The van der Waals surface area contributed by atoms with Crippen LogP contribution in [0, 0.1) is 6.92 Å². The van der Waals surface area contributed by atoms with E-state index in [-0.39, 0.29) is 5.70 Å². The average Bonchev–Trinajstić information content (AvgIpc) is 2.89. The molecule has 3 rings (SSSR count). The van der Waals surface area contributed by atoms with E-state index in [1.807, 2.05) is 55.5 Å². The molecule has 1 heterocycles. The normalized spacial score (nSPS) is 15.6. The van der Waals surface area contributed by atoms with E-state index >= 15 is 0 Å². The minimum atomic E-state index is -0.457. The van der Waals surface area contributed by atoms with E-state index in [1.165, 1.54) is 0 Å². The molecule has 4 heteroatoms. The van der Waals surface area contributed by atoms with Gasteiger partial charge < -0.3 is 9.47 Å². The topological polar surface area (TPSA) is 47.9 Å². The molecule has 22 heavy (non-hydrogen) atoms. The molecule has 0 unspecified atom stereocenters. The van der Waals surface area contributed by atoms with Gasteiger partial charge in [-0.15, -0.1) is 0 Å². The van der Waals surface area contributed by atoms with Gasteiger partial charge in [-0.3, -0.25) is 0 Å². The molecule has 0 N–H and O–H groups in total. The molecule has 0 saturated heterocycles. The van der Waals surface area contributed by atoms with Crippen LogP contribution < -0.4 is 4.74 Å². The van der Waals surface area contributed by atoms with Crippen molar-refractivity contribution in [3.63, 3.8) is 0 Å². The maximum Gasteiger partial charge on any atom is 0.363 e. The molecule has 1 aliphatic rings. The monoisotopic (exact) mass is 293 g/mol. The number of aliphatic imine (C=N–C) groups is 1. The molecular formula is C18H15NO3. The molecule has 1 aliphatic heterocycles. The molecule has 2 aromatic rings. The van der Waals surface area contributed by atoms with Crippen molar-refractivity contribution in [3.05, 3.63) is 70.9 Å². The first-order valence-electron chi connectivity index (χ1n) is 6.90. The molecule has 0 radical (unpaired) electrons. The Kier molecular flexibility index (Phi) is 3.74. The molecule has 0 aliphatic carbocycles. The number of hydrogen-bond donors (Lipinski definition) is 0. The number of aryl methyl sites for hydroxylation is 1. The molecule has 110 valence electrons. The summed E-state index contributed by atoms with van der Waals surface area (Å²) in [5, 5.41) is 0. The molecule has 0 saturated carbocycles. The van der Waals surface area contributed by atoms with E-state index in [9.17, 15) is 4.79 Å². The molecule has 0 fully saturated rings. The molecule has 0 atom stereocenters. The summed E-state index contributed by atoms with van der Waals surface area (Å²) in [5.41, 5.74) is 2.96. The number of nitrogens with zero attached hydrogens (tertiary/aromatic N) is 1. The number of hydrogen-bond acceptors (Lipinski definition) is 4. The number of carbonyl (C=O) groups excluding carboxylic acids is 1.